The van der Waals surface area contributed by atoms with E-state index in [4.69, 9.17) is 26.2 Å². The lowest BCUT2D eigenvalue weighted by Gasteiger charge is -2.32. The van der Waals surface area contributed by atoms with Crippen LogP contribution in [0.5, 0.6) is 11.5 Å². The third kappa shape index (κ3) is 5.77. The molecule has 30 heavy (non-hydrogen) atoms. The fourth-order valence-electron chi connectivity index (χ4n) is 3.55. The van der Waals surface area contributed by atoms with E-state index in [-0.39, 0.29) is 5.56 Å². The summed E-state index contributed by atoms with van der Waals surface area (Å²) in [6, 6.07) is 7.58. The molecule has 1 fully saturated rings. The predicted octanol–water partition coefficient (Wildman–Crippen LogP) is 4.31. The van der Waals surface area contributed by atoms with Crippen molar-refractivity contribution in [3.05, 3.63) is 46.6 Å². The van der Waals surface area contributed by atoms with Crippen molar-refractivity contribution in [1.82, 2.24) is 9.88 Å². The van der Waals surface area contributed by atoms with Crippen LogP contribution in [0.3, 0.4) is 0 Å². The van der Waals surface area contributed by atoms with Gasteiger partial charge in [-0.3, -0.25) is 4.90 Å². The summed E-state index contributed by atoms with van der Waals surface area (Å²) in [6.07, 6.45) is 3.34. The molecule has 0 atom stereocenters. The van der Waals surface area contributed by atoms with Crippen LogP contribution in [0.4, 0.5) is 5.82 Å². The SMILES string of the molecule is CCOc1cc(CN2CCC(Nc3ccc(C(=O)O)cn3)CC2)cc(OCC)c1Cl. The Labute approximate surface area is 182 Å². The average molecular weight is 434 g/mol. The summed E-state index contributed by atoms with van der Waals surface area (Å²) in [5.74, 6) is 1.06. The number of carboxylic acid groups (broad SMARTS) is 1. The number of hydrogen-bond donors (Lipinski definition) is 2. The molecule has 1 aliphatic heterocycles. The van der Waals surface area contributed by atoms with Gasteiger partial charge in [0.25, 0.3) is 0 Å². The van der Waals surface area contributed by atoms with Gasteiger partial charge in [-0.1, -0.05) is 11.6 Å². The summed E-state index contributed by atoms with van der Waals surface area (Å²) < 4.78 is 11.4. The fourth-order valence-corrected chi connectivity index (χ4v) is 3.77. The second-order valence-corrected chi connectivity index (χ2v) is 7.58. The zero-order valence-corrected chi connectivity index (χ0v) is 18.1. The van der Waals surface area contributed by atoms with Crippen molar-refractivity contribution >= 4 is 23.4 Å². The van der Waals surface area contributed by atoms with E-state index in [2.05, 4.69) is 15.2 Å². The maximum absolute atomic E-state index is 10.9. The minimum atomic E-state index is -0.968. The van der Waals surface area contributed by atoms with E-state index < -0.39 is 5.97 Å². The highest BCUT2D eigenvalue weighted by Crippen LogP contribution is 2.36. The van der Waals surface area contributed by atoms with Crippen LogP contribution in [-0.2, 0) is 6.54 Å². The van der Waals surface area contributed by atoms with Gasteiger partial charge < -0.3 is 19.9 Å². The van der Waals surface area contributed by atoms with E-state index in [1.54, 1.807) is 12.1 Å². The molecule has 1 saturated heterocycles. The summed E-state index contributed by atoms with van der Waals surface area (Å²) in [4.78, 5) is 17.5. The molecule has 1 aliphatic rings. The summed E-state index contributed by atoms with van der Waals surface area (Å²) >= 11 is 6.39. The monoisotopic (exact) mass is 433 g/mol. The molecule has 7 nitrogen and oxygen atoms in total. The van der Waals surface area contributed by atoms with Crippen molar-refractivity contribution in [2.24, 2.45) is 0 Å². The summed E-state index contributed by atoms with van der Waals surface area (Å²) in [5, 5.41) is 12.9. The number of hydrogen-bond acceptors (Lipinski definition) is 6. The van der Waals surface area contributed by atoms with Crippen LogP contribution in [-0.4, -0.2) is 53.3 Å². The van der Waals surface area contributed by atoms with Gasteiger partial charge in [-0.15, -0.1) is 0 Å². The van der Waals surface area contributed by atoms with Crippen LogP contribution in [0.25, 0.3) is 0 Å². The van der Waals surface area contributed by atoms with Crippen molar-refractivity contribution in [2.75, 3.05) is 31.6 Å². The van der Waals surface area contributed by atoms with Gasteiger partial charge >= 0.3 is 5.97 Å². The molecule has 2 N–H and O–H groups in total. The Hall–Kier alpha value is -2.51. The number of rotatable bonds is 9. The van der Waals surface area contributed by atoms with E-state index in [1.807, 2.05) is 26.0 Å². The van der Waals surface area contributed by atoms with Gasteiger partial charge in [0.1, 0.15) is 22.3 Å². The number of ether oxygens (including phenoxy) is 2. The minimum Gasteiger partial charge on any atom is -0.492 e. The number of nitrogens with one attached hydrogen (secondary N) is 1. The molecule has 0 aliphatic carbocycles. The molecule has 162 valence electrons. The number of aromatic carboxylic acids is 1. The normalized spacial score (nSPS) is 15.0. The van der Waals surface area contributed by atoms with Crippen molar-refractivity contribution in [3.8, 4) is 11.5 Å². The van der Waals surface area contributed by atoms with Gasteiger partial charge in [-0.25, -0.2) is 9.78 Å². The summed E-state index contributed by atoms with van der Waals surface area (Å²) in [7, 11) is 0. The topological polar surface area (TPSA) is 83.9 Å². The Morgan fingerprint density at radius 2 is 1.83 bits per heavy atom. The van der Waals surface area contributed by atoms with Crippen molar-refractivity contribution in [2.45, 2.75) is 39.3 Å². The van der Waals surface area contributed by atoms with Crippen LogP contribution in [0.1, 0.15) is 42.6 Å². The Bertz CT molecular complexity index is 825. The van der Waals surface area contributed by atoms with Gasteiger partial charge in [0, 0.05) is 31.9 Å². The fraction of sp³-hybridized carbons (Fsp3) is 0.455. The Morgan fingerprint density at radius 3 is 2.33 bits per heavy atom. The maximum Gasteiger partial charge on any atom is 0.337 e. The molecule has 2 heterocycles. The number of carbonyl (C=O) groups is 1. The minimum absolute atomic E-state index is 0.191. The first-order valence-electron chi connectivity index (χ1n) is 10.3. The van der Waals surface area contributed by atoms with E-state index >= 15 is 0 Å². The molecule has 1 aromatic carbocycles. The number of pyridine rings is 1. The molecule has 0 amide bonds. The molecule has 8 heteroatoms. The lowest BCUT2D eigenvalue weighted by Crippen LogP contribution is -2.38. The van der Waals surface area contributed by atoms with Gasteiger partial charge in [-0.05, 0) is 56.5 Å². The van der Waals surface area contributed by atoms with E-state index in [1.165, 1.54) is 6.20 Å². The first kappa shape index (κ1) is 22.2. The standard InChI is InChI=1S/C22H28ClN3O4/c1-3-29-18-11-15(12-19(21(18)23)30-4-2)14-26-9-7-17(8-10-26)25-20-6-5-16(13-24-20)22(27)28/h5-6,11-13,17H,3-4,7-10,14H2,1-2H3,(H,24,25)(H,27,28). The highest BCUT2D eigenvalue weighted by molar-refractivity contribution is 6.33. The number of nitrogens with zero attached hydrogens (tertiary/aromatic N) is 2. The lowest BCUT2D eigenvalue weighted by molar-refractivity contribution is 0.0696. The molecular weight excluding hydrogens is 406 g/mol. The molecule has 0 spiro atoms. The van der Waals surface area contributed by atoms with Gasteiger partial charge in [-0.2, -0.15) is 0 Å². The molecule has 0 bridgehead atoms. The summed E-state index contributed by atoms with van der Waals surface area (Å²) in [6.45, 7) is 7.66. The third-order valence-electron chi connectivity index (χ3n) is 5.02. The number of halogens is 1. The largest absolute Gasteiger partial charge is 0.492 e. The highest BCUT2D eigenvalue weighted by Gasteiger charge is 2.21. The summed E-state index contributed by atoms with van der Waals surface area (Å²) in [5.41, 5.74) is 1.31. The van der Waals surface area contributed by atoms with Crippen LogP contribution < -0.4 is 14.8 Å². The number of carboxylic acids is 1. The smallest absolute Gasteiger partial charge is 0.337 e. The van der Waals surface area contributed by atoms with Crippen molar-refractivity contribution in [3.63, 3.8) is 0 Å². The Kier molecular flexibility index (Phi) is 7.76. The van der Waals surface area contributed by atoms with Crippen LogP contribution in [0.2, 0.25) is 5.02 Å². The lowest BCUT2D eigenvalue weighted by atomic mass is 10.0. The number of benzene rings is 1. The molecule has 0 radical (unpaired) electrons. The second kappa shape index (κ2) is 10.5. The zero-order chi connectivity index (χ0) is 21.5. The van der Waals surface area contributed by atoms with Gasteiger partial charge in [0.2, 0.25) is 0 Å². The third-order valence-corrected chi connectivity index (χ3v) is 5.39. The Balaban J connectivity index is 1.57. The molecule has 0 unspecified atom stereocenters. The second-order valence-electron chi connectivity index (χ2n) is 7.20. The van der Waals surface area contributed by atoms with Crippen molar-refractivity contribution < 1.29 is 19.4 Å². The molecule has 3 rings (SSSR count). The first-order valence-corrected chi connectivity index (χ1v) is 10.6. The molecule has 0 saturated carbocycles. The van der Waals surface area contributed by atoms with E-state index in [0.717, 1.165) is 38.0 Å². The van der Waals surface area contributed by atoms with Crippen LogP contribution in [0.15, 0.2) is 30.5 Å². The zero-order valence-electron chi connectivity index (χ0n) is 17.4. The average Bonchev–Trinajstić information content (AvgIpc) is 2.73. The van der Waals surface area contributed by atoms with Gasteiger partial charge in [0.15, 0.2) is 0 Å². The van der Waals surface area contributed by atoms with Crippen LogP contribution >= 0.6 is 11.6 Å². The number of aromatic nitrogens is 1. The number of anilines is 1. The molecular formula is C22H28ClN3O4. The van der Waals surface area contributed by atoms with E-state index in [0.29, 0.717) is 41.6 Å². The predicted molar refractivity (Wildman–Crippen MR) is 117 cm³/mol. The first-order chi connectivity index (χ1) is 14.5. The Morgan fingerprint density at radius 1 is 1.20 bits per heavy atom. The highest BCUT2D eigenvalue weighted by atomic mass is 35.5. The number of likely N-dealkylation sites (tertiary alicyclic amines) is 1. The van der Waals surface area contributed by atoms with Crippen molar-refractivity contribution in [1.29, 1.82) is 0 Å². The van der Waals surface area contributed by atoms with Gasteiger partial charge in [0.05, 0.1) is 18.8 Å². The molecule has 2 aromatic rings. The van der Waals surface area contributed by atoms with Crippen LogP contribution in [0, 0.1) is 0 Å². The van der Waals surface area contributed by atoms with E-state index in [9.17, 15) is 4.79 Å². The maximum atomic E-state index is 10.9. The molecule has 1 aromatic heterocycles. The quantitative estimate of drug-likeness (QED) is 0.609. The number of piperidine rings is 1.